The van der Waals surface area contributed by atoms with Crippen LogP contribution in [0.5, 0.6) is 0 Å². The van der Waals surface area contributed by atoms with Crippen LogP contribution in [0.4, 0.5) is 0 Å². The summed E-state index contributed by atoms with van der Waals surface area (Å²) in [5.41, 5.74) is 35.7. The summed E-state index contributed by atoms with van der Waals surface area (Å²) in [5, 5.41) is 72.9. The van der Waals surface area contributed by atoms with Gasteiger partial charge in [0, 0.05) is 31.1 Å². The fraction of sp³-hybridized carbons (Fsp3) is 1.00. The van der Waals surface area contributed by atoms with E-state index in [4.69, 9.17) is 115 Å². The van der Waals surface area contributed by atoms with Crippen LogP contribution in [0.1, 0.15) is 6.42 Å². The van der Waals surface area contributed by atoms with Crippen molar-refractivity contribution in [3.63, 3.8) is 0 Å². The Hall–Kier alpha value is -1.15. The molecule has 34 heteroatoms. The molecule has 3 aliphatic heterocycles. The number of rotatable bonds is 11. The molecule has 1 saturated carbocycles. The van der Waals surface area contributed by atoms with Gasteiger partial charge in [0.25, 0.3) is 0 Å². The molecule has 0 aromatic heterocycles. The van der Waals surface area contributed by atoms with Crippen molar-refractivity contribution in [2.24, 2.45) is 40.3 Å². The van der Waals surface area contributed by atoms with Crippen molar-refractivity contribution in [1.29, 1.82) is 0 Å². The van der Waals surface area contributed by atoms with Gasteiger partial charge in [-0.3, -0.25) is 27.3 Å². The average molecular weight is 937 g/mol. The molecule has 19 atom stereocenters. The molecule has 0 bridgehead atoms. The molecule has 4 rings (SSSR count). The summed E-state index contributed by atoms with van der Waals surface area (Å²) in [4.78, 5) is 0. The van der Waals surface area contributed by atoms with Gasteiger partial charge in [-0.1, -0.05) is 0 Å². The lowest BCUT2D eigenvalue weighted by Crippen LogP contribution is -2.68. The van der Waals surface area contributed by atoms with E-state index in [0.29, 0.717) is 0 Å². The second-order valence-electron chi connectivity index (χ2n) is 13.4. The topological polar surface area (TPSA) is 577 Å². The maximum atomic E-state index is 11.1. The van der Waals surface area contributed by atoms with Gasteiger partial charge in [-0.25, -0.2) is 0 Å². The molecule has 0 aromatic rings. The minimum atomic E-state index is -4.67. The van der Waals surface area contributed by atoms with E-state index in [2.05, 4.69) is 0 Å². The third-order valence-corrected chi connectivity index (χ3v) is 9.04. The van der Waals surface area contributed by atoms with Crippen molar-refractivity contribution in [3.8, 4) is 0 Å². The van der Waals surface area contributed by atoms with Crippen molar-refractivity contribution in [3.05, 3.63) is 0 Å². The average Bonchev–Trinajstić information content (AvgIpc) is 3.39. The molecule has 354 valence electrons. The summed E-state index contributed by atoms with van der Waals surface area (Å²) >= 11 is 0. The van der Waals surface area contributed by atoms with Crippen molar-refractivity contribution >= 4 is 31.2 Å². The lowest BCUT2D eigenvalue weighted by Gasteiger charge is -2.47. The van der Waals surface area contributed by atoms with E-state index in [9.17, 15) is 35.7 Å². The number of aliphatic hydroxyl groups excluding tert-OH is 7. The molecule has 4 aliphatic rings. The van der Waals surface area contributed by atoms with Gasteiger partial charge in [0.2, 0.25) is 0 Å². The second-order valence-corrected chi connectivity index (χ2v) is 16.0. The lowest BCUT2D eigenvalue weighted by atomic mass is 9.84. The molecule has 59 heavy (non-hydrogen) atoms. The Balaban J connectivity index is 0.000000990. The summed E-state index contributed by atoms with van der Waals surface area (Å²) < 4.78 is 130. The van der Waals surface area contributed by atoms with E-state index in [1.165, 1.54) is 0 Å². The number of hydrogen-bond acceptors (Lipinski definition) is 25. The fourth-order valence-corrected chi connectivity index (χ4v) is 6.19. The van der Waals surface area contributed by atoms with Gasteiger partial charge < -0.3 is 98.6 Å². The molecule has 25 N–H and O–H groups in total. The third kappa shape index (κ3) is 19.0. The first-order valence-electron chi connectivity index (χ1n) is 16.9. The quantitative estimate of drug-likeness (QED) is 0.0855. The van der Waals surface area contributed by atoms with Gasteiger partial charge in [0.15, 0.2) is 12.6 Å². The van der Waals surface area contributed by atoms with Crippen LogP contribution in [-0.2, 0) is 59.6 Å². The smallest absolute Gasteiger partial charge is 0.394 e. The van der Waals surface area contributed by atoms with Crippen LogP contribution in [0.3, 0.4) is 0 Å². The van der Waals surface area contributed by atoms with E-state index in [1.54, 1.807) is 0 Å². The summed E-state index contributed by atoms with van der Waals surface area (Å²) in [6.07, 6.45) is -16.6. The van der Waals surface area contributed by atoms with Gasteiger partial charge >= 0.3 is 31.2 Å². The van der Waals surface area contributed by atoms with Gasteiger partial charge in [-0.2, -0.15) is 25.3 Å². The number of ether oxygens (including phenoxy) is 6. The first-order valence-corrected chi connectivity index (χ1v) is 21.1. The van der Waals surface area contributed by atoms with E-state index >= 15 is 0 Å². The Kier molecular flexibility index (Phi) is 22.8. The largest absolute Gasteiger partial charge is 0.394 e. The fourth-order valence-electron chi connectivity index (χ4n) is 6.19. The molecular weight excluding hydrogens is 880 g/mol. The van der Waals surface area contributed by atoms with Crippen molar-refractivity contribution in [2.45, 2.75) is 116 Å². The highest BCUT2D eigenvalue weighted by atomic mass is 32.3. The number of nitrogens with two attached hydrogens (primary N) is 6. The number of hydrogen-bond donors (Lipinski definition) is 19. The molecule has 15 unspecified atom stereocenters. The molecule has 3 saturated heterocycles. The Bertz CT molecular complexity index is 1480. The highest BCUT2D eigenvalue weighted by molar-refractivity contribution is 7.80. The molecule has 31 nitrogen and oxygen atoms in total. The monoisotopic (exact) mass is 936 g/mol. The first-order chi connectivity index (χ1) is 26.8. The number of aliphatic hydroxyl groups is 7. The molecular formula is C25H56N6O25S3. The zero-order valence-corrected chi connectivity index (χ0v) is 33.1. The Morgan fingerprint density at radius 2 is 0.932 bits per heavy atom. The molecule has 1 aliphatic carbocycles. The standard InChI is InChI=1S/C25H50N6O13.3H2O4S/c26-2-10-18(35)20(37)14(30)13(40-10)6-39-5-7-12(4-32)42-25(16(7)33)44-23-17(34)8(28)1-9(29)22(23)43-24-15(31)21(38)19(36)11(3-27)41-24;3*1-5(2,3)4/h7-25,32-38H,1-6,26-31H2;3*(H2,1,2,3,4)/t7-,8?,9?,10?,11?,12+,13?,14?,15?,16-,17?,18?,19?,20?,21?,22?,23?,24?,25-;;;/m0.../s1. The maximum absolute atomic E-state index is 11.1. The van der Waals surface area contributed by atoms with Crippen molar-refractivity contribution < 1.29 is 117 Å². The second kappa shape index (κ2) is 24.1. The lowest BCUT2D eigenvalue weighted by molar-refractivity contribution is -0.306. The van der Waals surface area contributed by atoms with E-state index in [-0.39, 0.29) is 32.7 Å². The van der Waals surface area contributed by atoms with Gasteiger partial charge in [0.05, 0.1) is 56.3 Å². The van der Waals surface area contributed by atoms with Crippen molar-refractivity contribution in [1.82, 2.24) is 0 Å². The molecule has 4 fully saturated rings. The van der Waals surface area contributed by atoms with Crippen LogP contribution >= 0.6 is 0 Å². The zero-order valence-electron chi connectivity index (χ0n) is 30.6. The molecule has 0 spiro atoms. The van der Waals surface area contributed by atoms with E-state index < -0.39 is 154 Å². The predicted molar refractivity (Wildman–Crippen MR) is 190 cm³/mol. The highest BCUT2D eigenvalue weighted by Gasteiger charge is 2.52. The Morgan fingerprint density at radius 1 is 0.508 bits per heavy atom. The first kappa shape index (κ1) is 55.9. The van der Waals surface area contributed by atoms with Gasteiger partial charge in [-0.05, 0) is 6.42 Å². The van der Waals surface area contributed by atoms with Crippen LogP contribution in [-0.4, -0.2) is 231 Å². The van der Waals surface area contributed by atoms with Crippen LogP contribution < -0.4 is 34.4 Å². The maximum Gasteiger partial charge on any atom is 0.394 e. The van der Waals surface area contributed by atoms with Crippen LogP contribution in [0.25, 0.3) is 0 Å². The Morgan fingerprint density at radius 3 is 1.39 bits per heavy atom. The summed E-state index contributed by atoms with van der Waals surface area (Å²) in [5.74, 6) is -0.815. The van der Waals surface area contributed by atoms with Crippen LogP contribution in [0, 0.1) is 5.92 Å². The normalized spacial score (nSPS) is 41.6. The predicted octanol–water partition coefficient (Wildman–Crippen LogP) is -10.6. The minimum Gasteiger partial charge on any atom is -0.394 e. The molecule has 0 aromatic carbocycles. The van der Waals surface area contributed by atoms with Gasteiger partial charge in [0.1, 0.15) is 48.8 Å². The zero-order chi connectivity index (χ0) is 46.0. The van der Waals surface area contributed by atoms with Gasteiger partial charge in [-0.15, -0.1) is 0 Å². The third-order valence-electron chi connectivity index (χ3n) is 9.04. The molecule has 3 heterocycles. The molecule has 0 radical (unpaired) electrons. The SMILES string of the molecule is NCC1OC(COC[C@@H]2[C@H](O)[C@H](OC3C(O)C(N)CC(N)C3OC3OC(CN)C(O)C(O)C3N)O[C@@H]2CO)C(N)C(O)C1O.O=S(=O)(O)O.O=S(=O)(O)O.O=S(=O)(O)O. The minimum absolute atomic E-state index is 0.0534. The summed E-state index contributed by atoms with van der Waals surface area (Å²) in [6.45, 7) is -0.980. The summed E-state index contributed by atoms with van der Waals surface area (Å²) in [7, 11) is -14.0. The molecule has 0 amide bonds. The van der Waals surface area contributed by atoms with E-state index in [0.717, 1.165) is 0 Å². The Labute approximate surface area is 337 Å². The van der Waals surface area contributed by atoms with Crippen LogP contribution in [0.15, 0.2) is 0 Å². The summed E-state index contributed by atoms with van der Waals surface area (Å²) in [6, 6.07) is -3.82. The van der Waals surface area contributed by atoms with E-state index in [1.807, 2.05) is 0 Å². The van der Waals surface area contributed by atoms with Crippen LogP contribution in [0.2, 0.25) is 0 Å². The van der Waals surface area contributed by atoms with Crippen molar-refractivity contribution in [2.75, 3.05) is 32.9 Å². The highest BCUT2D eigenvalue weighted by Crippen LogP contribution is 2.34.